The first-order valence-corrected chi connectivity index (χ1v) is 8.05. The summed E-state index contributed by atoms with van der Waals surface area (Å²) in [6, 6.07) is 0.100. The molecule has 0 bridgehead atoms. The minimum Gasteiger partial charge on any atom is -0.382 e. The number of amides is 1. The lowest BCUT2D eigenvalue weighted by atomic mass is 9.64. The van der Waals surface area contributed by atoms with E-state index < -0.39 is 0 Å². The number of nitrogen functional groups attached to an aromatic ring is 1. The summed E-state index contributed by atoms with van der Waals surface area (Å²) in [6.45, 7) is 7.08. The van der Waals surface area contributed by atoms with Crippen LogP contribution in [0.3, 0.4) is 0 Å². The molecule has 4 N–H and O–H groups in total. The maximum absolute atomic E-state index is 12.3. The fourth-order valence-electron chi connectivity index (χ4n) is 2.56. The molecule has 0 radical (unpaired) electrons. The van der Waals surface area contributed by atoms with Crippen LogP contribution in [0.5, 0.6) is 0 Å². The highest BCUT2D eigenvalue weighted by molar-refractivity contribution is 7.18. The second-order valence-electron chi connectivity index (χ2n) is 5.97. The van der Waals surface area contributed by atoms with Crippen LogP contribution >= 0.6 is 11.3 Å². The molecule has 0 aromatic carbocycles. The first-order valence-electron chi connectivity index (χ1n) is 7.24. The smallest absolute Gasteiger partial charge is 0.265 e. The summed E-state index contributed by atoms with van der Waals surface area (Å²) in [5.74, 6) is 0.138. The van der Waals surface area contributed by atoms with Gasteiger partial charge in [0, 0.05) is 25.1 Å². The van der Waals surface area contributed by atoms with E-state index in [1.54, 1.807) is 7.11 Å². The minimum atomic E-state index is -0.151. The molecule has 1 saturated carbocycles. The molecule has 1 aliphatic rings. The van der Waals surface area contributed by atoms with Gasteiger partial charge in [0.05, 0.1) is 6.10 Å². The van der Waals surface area contributed by atoms with E-state index in [1.165, 1.54) is 11.3 Å². The molecule has 2 atom stereocenters. The average Bonchev–Trinajstić information content (AvgIpc) is 2.81. The summed E-state index contributed by atoms with van der Waals surface area (Å²) in [4.78, 5) is 17.0. The van der Waals surface area contributed by atoms with Gasteiger partial charge in [0.25, 0.3) is 5.91 Å². The monoisotopic (exact) mass is 312 g/mol. The SMILES string of the molecule is CCCNc1nc(N)c(C(=O)NC2CC(OC)C2(C)C)s1. The third-order valence-electron chi connectivity index (χ3n) is 4.15. The number of ether oxygens (including phenoxy) is 1. The summed E-state index contributed by atoms with van der Waals surface area (Å²) in [7, 11) is 1.71. The van der Waals surface area contributed by atoms with E-state index in [4.69, 9.17) is 10.5 Å². The molecule has 1 amide bonds. The van der Waals surface area contributed by atoms with E-state index in [9.17, 15) is 4.79 Å². The molecule has 21 heavy (non-hydrogen) atoms. The van der Waals surface area contributed by atoms with Crippen LogP contribution in [-0.2, 0) is 4.74 Å². The topological polar surface area (TPSA) is 89.3 Å². The van der Waals surface area contributed by atoms with Gasteiger partial charge in [-0.1, -0.05) is 32.1 Å². The van der Waals surface area contributed by atoms with Crippen LogP contribution in [0.15, 0.2) is 0 Å². The Hall–Kier alpha value is -1.34. The lowest BCUT2D eigenvalue weighted by Gasteiger charge is -2.51. The summed E-state index contributed by atoms with van der Waals surface area (Å²) in [6.07, 6.45) is 2.01. The number of thiazole rings is 1. The number of aromatic nitrogens is 1. The molecule has 1 fully saturated rings. The van der Waals surface area contributed by atoms with Gasteiger partial charge in [-0.25, -0.2) is 4.98 Å². The number of hydrogen-bond donors (Lipinski definition) is 3. The van der Waals surface area contributed by atoms with Crippen molar-refractivity contribution >= 4 is 28.2 Å². The van der Waals surface area contributed by atoms with Gasteiger partial charge in [0.1, 0.15) is 10.7 Å². The quantitative estimate of drug-likeness (QED) is 0.748. The number of carbonyl (C=O) groups is 1. The normalized spacial score (nSPS) is 23.4. The molecule has 0 aliphatic heterocycles. The summed E-state index contributed by atoms with van der Waals surface area (Å²) < 4.78 is 5.40. The van der Waals surface area contributed by atoms with Gasteiger partial charge in [-0.05, 0) is 12.8 Å². The lowest BCUT2D eigenvalue weighted by molar-refractivity contribution is -0.0942. The Kier molecular flexibility index (Phi) is 4.73. The van der Waals surface area contributed by atoms with Gasteiger partial charge >= 0.3 is 0 Å². The van der Waals surface area contributed by atoms with Crippen molar-refractivity contribution in [3.8, 4) is 0 Å². The fourth-order valence-corrected chi connectivity index (χ4v) is 3.37. The van der Waals surface area contributed by atoms with E-state index in [2.05, 4.69) is 36.4 Å². The largest absolute Gasteiger partial charge is 0.382 e. The Balaban J connectivity index is 2.00. The first-order chi connectivity index (χ1) is 9.90. The highest BCUT2D eigenvalue weighted by atomic mass is 32.1. The zero-order valence-corrected chi connectivity index (χ0v) is 13.8. The van der Waals surface area contributed by atoms with Crippen molar-refractivity contribution in [2.75, 3.05) is 24.7 Å². The second-order valence-corrected chi connectivity index (χ2v) is 6.97. The first kappa shape index (κ1) is 16.0. The van der Waals surface area contributed by atoms with Crippen LogP contribution in [0.4, 0.5) is 10.9 Å². The van der Waals surface area contributed by atoms with Crippen molar-refractivity contribution in [1.82, 2.24) is 10.3 Å². The number of nitrogens with zero attached hydrogens (tertiary/aromatic N) is 1. The molecule has 1 heterocycles. The molecule has 7 heteroatoms. The van der Waals surface area contributed by atoms with Gasteiger partial charge < -0.3 is 21.1 Å². The molecule has 1 aromatic heterocycles. The molecule has 1 aromatic rings. The van der Waals surface area contributed by atoms with E-state index in [-0.39, 0.29) is 29.3 Å². The van der Waals surface area contributed by atoms with Gasteiger partial charge in [0.2, 0.25) is 0 Å². The van der Waals surface area contributed by atoms with E-state index >= 15 is 0 Å². The number of carbonyl (C=O) groups excluding carboxylic acids is 1. The Morgan fingerprint density at radius 3 is 2.86 bits per heavy atom. The highest BCUT2D eigenvalue weighted by Crippen LogP contribution is 2.42. The number of rotatable bonds is 6. The van der Waals surface area contributed by atoms with Crippen molar-refractivity contribution in [2.45, 2.75) is 45.8 Å². The zero-order valence-electron chi connectivity index (χ0n) is 13.0. The van der Waals surface area contributed by atoms with Crippen molar-refractivity contribution < 1.29 is 9.53 Å². The number of nitrogens with two attached hydrogens (primary N) is 1. The molecule has 2 rings (SSSR count). The van der Waals surface area contributed by atoms with Crippen LogP contribution < -0.4 is 16.4 Å². The average molecular weight is 312 g/mol. The summed E-state index contributed by atoms with van der Waals surface area (Å²) in [5, 5.41) is 6.89. The minimum absolute atomic E-state index is 0.0624. The lowest BCUT2D eigenvalue weighted by Crippen LogP contribution is -2.61. The molecule has 118 valence electrons. The molecular formula is C14H24N4O2S. The van der Waals surface area contributed by atoms with Crippen molar-refractivity contribution in [3.63, 3.8) is 0 Å². The number of hydrogen-bond acceptors (Lipinski definition) is 6. The number of anilines is 2. The Bertz CT molecular complexity index is 515. The van der Waals surface area contributed by atoms with Gasteiger partial charge in [-0.3, -0.25) is 4.79 Å². The van der Waals surface area contributed by atoms with Crippen LogP contribution in [0, 0.1) is 5.41 Å². The molecule has 2 unspecified atom stereocenters. The predicted molar refractivity (Wildman–Crippen MR) is 85.8 cm³/mol. The maximum Gasteiger partial charge on any atom is 0.265 e. The van der Waals surface area contributed by atoms with Crippen LogP contribution in [0.1, 0.15) is 43.3 Å². The molecule has 6 nitrogen and oxygen atoms in total. The van der Waals surface area contributed by atoms with Crippen LogP contribution in [0.2, 0.25) is 0 Å². The Morgan fingerprint density at radius 2 is 2.29 bits per heavy atom. The van der Waals surface area contributed by atoms with Crippen molar-refractivity contribution in [2.24, 2.45) is 5.41 Å². The standard InChI is InChI=1S/C14H24N4O2S/c1-5-6-16-13-18-11(15)10(21-13)12(19)17-8-7-9(20-4)14(8,2)3/h8-9H,5-7,15H2,1-4H3,(H,16,18)(H,17,19). The van der Waals surface area contributed by atoms with Crippen LogP contribution in [-0.4, -0.2) is 36.7 Å². The van der Waals surface area contributed by atoms with Gasteiger partial charge in [0.15, 0.2) is 5.13 Å². The number of methoxy groups -OCH3 is 1. The highest BCUT2D eigenvalue weighted by Gasteiger charge is 2.49. The molecule has 0 saturated heterocycles. The molecule has 1 aliphatic carbocycles. The third kappa shape index (κ3) is 3.13. The Labute approximate surface area is 129 Å². The van der Waals surface area contributed by atoms with Crippen molar-refractivity contribution in [3.05, 3.63) is 4.88 Å². The fraction of sp³-hybridized carbons (Fsp3) is 0.714. The molecular weight excluding hydrogens is 288 g/mol. The summed E-state index contributed by atoms with van der Waals surface area (Å²) >= 11 is 1.30. The van der Waals surface area contributed by atoms with E-state index in [0.717, 1.165) is 19.4 Å². The molecule has 0 spiro atoms. The van der Waals surface area contributed by atoms with Gasteiger partial charge in [-0.2, -0.15) is 0 Å². The van der Waals surface area contributed by atoms with Gasteiger partial charge in [-0.15, -0.1) is 0 Å². The second kappa shape index (κ2) is 6.19. The number of nitrogens with one attached hydrogen (secondary N) is 2. The third-order valence-corrected chi connectivity index (χ3v) is 5.18. The van der Waals surface area contributed by atoms with E-state index in [1.807, 2.05) is 0 Å². The van der Waals surface area contributed by atoms with Crippen LogP contribution in [0.25, 0.3) is 0 Å². The zero-order chi connectivity index (χ0) is 15.6. The summed E-state index contributed by atoms with van der Waals surface area (Å²) in [5.41, 5.74) is 5.78. The Morgan fingerprint density at radius 1 is 1.57 bits per heavy atom. The maximum atomic E-state index is 12.3. The van der Waals surface area contributed by atoms with Crippen molar-refractivity contribution in [1.29, 1.82) is 0 Å². The predicted octanol–water partition coefficient (Wildman–Crippen LogP) is 2.09. The van der Waals surface area contributed by atoms with E-state index in [0.29, 0.717) is 10.0 Å².